The summed E-state index contributed by atoms with van der Waals surface area (Å²) < 4.78 is 11.1. The zero-order chi connectivity index (χ0) is 20.5. The minimum atomic E-state index is 0.389. The van der Waals surface area contributed by atoms with E-state index in [4.69, 9.17) is 9.26 Å². The summed E-state index contributed by atoms with van der Waals surface area (Å²) in [6.45, 7) is 7.48. The fourth-order valence-electron chi connectivity index (χ4n) is 4.09. The molecule has 1 aromatic heterocycles. The molecule has 3 heterocycles. The lowest BCUT2D eigenvalue weighted by Crippen LogP contribution is -2.32. The Kier molecular flexibility index (Phi) is 8.28. The highest BCUT2D eigenvalue weighted by molar-refractivity contribution is 5.54. The maximum atomic E-state index is 9.96. The van der Waals surface area contributed by atoms with E-state index in [1.54, 1.807) is 0 Å². The third kappa shape index (κ3) is 6.42. The van der Waals surface area contributed by atoms with Crippen LogP contribution in [0.25, 0.3) is 5.76 Å². The molecule has 4 rings (SSSR count). The van der Waals surface area contributed by atoms with E-state index < -0.39 is 0 Å². The molecule has 0 unspecified atom stereocenters. The number of hydrogen-bond acceptors (Lipinski definition) is 6. The lowest BCUT2D eigenvalue weighted by molar-refractivity contribution is -0.110. The second-order valence-electron chi connectivity index (χ2n) is 8.01. The molecular weight excluding hydrogens is 368 g/mol. The van der Waals surface area contributed by atoms with Gasteiger partial charge >= 0.3 is 0 Å². The molecule has 1 N–H and O–H groups in total. The highest BCUT2D eigenvalue weighted by Crippen LogP contribution is 2.29. The third-order valence-electron chi connectivity index (χ3n) is 5.93. The van der Waals surface area contributed by atoms with Crippen molar-refractivity contribution in [1.29, 1.82) is 0 Å². The highest BCUT2D eigenvalue weighted by Gasteiger charge is 2.25. The van der Waals surface area contributed by atoms with Crippen molar-refractivity contribution in [2.45, 2.75) is 77.2 Å². The monoisotopic (exact) mass is 402 g/mol. The van der Waals surface area contributed by atoms with Crippen LogP contribution >= 0.6 is 0 Å². The number of likely N-dealkylation sites (tertiary alicyclic amines) is 1. The summed E-state index contributed by atoms with van der Waals surface area (Å²) in [5.74, 6) is 3.33. The Labute approximate surface area is 173 Å². The van der Waals surface area contributed by atoms with Crippen LogP contribution in [-0.2, 0) is 9.53 Å². The number of allylic oxidation sites excluding steroid dienone is 3. The van der Waals surface area contributed by atoms with Gasteiger partial charge in [-0.25, -0.2) is 0 Å². The Morgan fingerprint density at radius 1 is 1.17 bits per heavy atom. The van der Waals surface area contributed by atoms with Gasteiger partial charge in [-0.1, -0.05) is 31.3 Å². The van der Waals surface area contributed by atoms with Crippen LogP contribution < -0.4 is 5.32 Å². The first-order chi connectivity index (χ1) is 14.2. The normalized spacial score (nSPS) is 21.3. The Morgan fingerprint density at radius 3 is 2.59 bits per heavy atom. The summed E-state index contributed by atoms with van der Waals surface area (Å²) >= 11 is 0. The zero-order valence-corrected chi connectivity index (χ0v) is 17.7. The number of nitrogens with zero attached hydrogens (tertiary/aromatic N) is 3. The molecule has 1 saturated heterocycles. The van der Waals surface area contributed by atoms with Crippen molar-refractivity contribution in [3.8, 4) is 0 Å². The molecule has 1 saturated carbocycles. The molecule has 0 radical (unpaired) electrons. The summed E-state index contributed by atoms with van der Waals surface area (Å²) in [7, 11) is 0. The fraction of sp³-hybridized carbons (Fsp3) is 0.682. The minimum absolute atomic E-state index is 0.389. The largest absolute Gasteiger partial charge is 0.459 e. The third-order valence-corrected chi connectivity index (χ3v) is 5.93. The number of piperidine rings is 1. The number of carbonyl (C=O) groups is 1. The molecule has 1 aromatic rings. The standard InChI is InChI=1S/C15H21N3O2.C7H13NO/c1-3-18-9-7-12(8-10-18)15-16-14(17-20-15)13-6-4-5-11(2)19-13;9-6-8-7-4-2-1-3-5-7/h5-6,12H,3-4,7-10H2,1-2H3;6-7H,1-5H2,(H,8,9). The number of hydrogen-bond donors (Lipinski definition) is 1. The Balaban J connectivity index is 0.000000224. The summed E-state index contributed by atoms with van der Waals surface area (Å²) in [5, 5.41) is 6.87. The van der Waals surface area contributed by atoms with Gasteiger partial charge < -0.3 is 19.5 Å². The molecule has 0 spiro atoms. The van der Waals surface area contributed by atoms with Crippen LogP contribution in [0.1, 0.15) is 82.8 Å². The average Bonchev–Trinajstić information content (AvgIpc) is 3.26. The predicted molar refractivity (Wildman–Crippen MR) is 112 cm³/mol. The molecule has 29 heavy (non-hydrogen) atoms. The van der Waals surface area contributed by atoms with E-state index in [0.29, 0.717) is 23.5 Å². The van der Waals surface area contributed by atoms with E-state index in [-0.39, 0.29) is 0 Å². The van der Waals surface area contributed by atoms with E-state index in [2.05, 4.69) is 27.3 Å². The minimum Gasteiger partial charge on any atom is -0.459 e. The van der Waals surface area contributed by atoms with Gasteiger partial charge in [0.2, 0.25) is 18.1 Å². The molecule has 2 aliphatic heterocycles. The Morgan fingerprint density at radius 2 is 1.93 bits per heavy atom. The summed E-state index contributed by atoms with van der Waals surface area (Å²) in [4.78, 5) is 16.9. The quantitative estimate of drug-likeness (QED) is 0.750. The molecule has 2 fully saturated rings. The van der Waals surface area contributed by atoms with Crippen molar-refractivity contribution in [1.82, 2.24) is 20.4 Å². The van der Waals surface area contributed by atoms with Crippen LogP contribution in [0, 0.1) is 0 Å². The summed E-state index contributed by atoms with van der Waals surface area (Å²) in [6, 6.07) is 0.483. The van der Waals surface area contributed by atoms with Crippen LogP contribution in [0.4, 0.5) is 0 Å². The van der Waals surface area contributed by atoms with Crippen molar-refractivity contribution in [2.24, 2.45) is 0 Å². The van der Waals surface area contributed by atoms with Gasteiger partial charge in [0.25, 0.3) is 0 Å². The maximum absolute atomic E-state index is 9.96. The molecule has 1 amide bonds. The number of nitrogens with one attached hydrogen (secondary N) is 1. The van der Waals surface area contributed by atoms with Crippen molar-refractivity contribution >= 4 is 12.2 Å². The van der Waals surface area contributed by atoms with Crippen LogP contribution in [-0.4, -0.2) is 47.1 Å². The number of rotatable bonds is 5. The van der Waals surface area contributed by atoms with E-state index in [0.717, 1.165) is 57.0 Å². The Bertz CT molecular complexity index is 699. The van der Waals surface area contributed by atoms with E-state index in [1.165, 1.54) is 32.1 Å². The van der Waals surface area contributed by atoms with Crippen molar-refractivity contribution < 1.29 is 14.1 Å². The SMILES string of the molecule is CCN1CCC(c2nc(C3=CCC=C(C)O3)no2)CC1.O=CNC1CCCCC1. The van der Waals surface area contributed by atoms with Gasteiger partial charge in [0, 0.05) is 12.0 Å². The molecule has 160 valence electrons. The number of ether oxygens (including phenoxy) is 1. The first kappa shape index (κ1) is 21.6. The molecule has 0 atom stereocenters. The highest BCUT2D eigenvalue weighted by atomic mass is 16.5. The zero-order valence-electron chi connectivity index (χ0n) is 17.7. The van der Waals surface area contributed by atoms with E-state index in [9.17, 15) is 4.79 Å². The number of aromatic nitrogens is 2. The van der Waals surface area contributed by atoms with Crippen LogP contribution in [0.5, 0.6) is 0 Å². The van der Waals surface area contributed by atoms with Gasteiger partial charge in [-0.3, -0.25) is 4.79 Å². The van der Waals surface area contributed by atoms with Gasteiger partial charge in [0.1, 0.15) is 0 Å². The van der Waals surface area contributed by atoms with Crippen molar-refractivity contribution in [2.75, 3.05) is 19.6 Å². The fourth-order valence-corrected chi connectivity index (χ4v) is 4.09. The topological polar surface area (TPSA) is 80.5 Å². The number of carbonyl (C=O) groups excluding carboxylic acids is 1. The van der Waals surface area contributed by atoms with Crippen LogP contribution in [0.3, 0.4) is 0 Å². The lowest BCUT2D eigenvalue weighted by atomic mass is 9.96. The molecule has 7 nitrogen and oxygen atoms in total. The average molecular weight is 403 g/mol. The van der Waals surface area contributed by atoms with Crippen LogP contribution in [0.2, 0.25) is 0 Å². The molecular formula is C22H34N4O3. The first-order valence-electron chi connectivity index (χ1n) is 11.0. The van der Waals surface area contributed by atoms with Crippen molar-refractivity contribution in [3.63, 3.8) is 0 Å². The van der Waals surface area contributed by atoms with Gasteiger partial charge in [-0.2, -0.15) is 4.98 Å². The van der Waals surface area contributed by atoms with Gasteiger partial charge in [0.05, 0.1) is 5.76 Å². The molecule has 0 aromatic carbocycles. The first-order valence-corrected chi connectivity index (χ1v) is 11.0. The molecule has 3 aliphatic rings. The Hall–Kier alpha value is -2.15. The van der Waals surface area contributed by atoms with Gasteiger partial charge in [0.15, 0.2) is 5.76 Å². The second-order valence-corrected chi connectivity index (χ2v) is 8.01. The van der Waals surface area contributed by atoms with Crippen molar-refractivity contribution in [3.05, 3.63) is 29.6 Å². The van der Waals surface area contributed by atoms with Crippen LogP contribution in [0.15, 0.2) is 22.4 Å². The second kappa shape index (κ2) is 11.1. The van der Waals surface area contributed by atoms with E-state index >= 15 is 0 Å². The lowest BCUT2D eigenvalue weighted by Gasteiger charge is -2.28. The smallest absolute Gasteiger partial charge is 0.237 e. The maximum Gasteiger partial charge on any atom is 0.237 e. The predicted octanol–water partition coefficient (Wildman–Crippen LogP) is 4.00. The molecule has 7 heteroatoms. The number of amides is 1. The summed E-state index contributed by atoms with van der Waals surface area (Å²) in [5.41, 5.74) is 0. The van der Waals surface area contributed by atoms with Gasteiger partial charge in [-0.15, -0.1) is 0 Å². The van der Waals surface area contributed by atoms with Gasteiger partial charge in [-0.05, 0) is 70.8 Å². The molecule has 1 aliphatic carbocycles. The van der Waals surface area contributed by atoms with E-state index in [1.807, 2.05) is 19.1 Å². The molecule has 0 bridgehead atoms. The summed E-state index contributed by atoms with van der Waals surface area (Å²) in [6.07, 6.45) is 14.1.